The van der Waals surface area contributed by atoms with Gasteiger partial charge in [0.05, 0.1) is 0 Å². The summed E-state index contributed by atoms with van der Waals surface area (Å²) >= 11 is 0. The largest absolute Gasteiger partial charge is 0.366 e. The van der Waals surface area contributed by atoms with Crippen LogP contribution in [-0.2, 0) is 0 Å². The third-order valence-electron chi connectivity index (χ3n) is 4.44. The summed E-state index contributed by atoms with van der Waals surface area (Å²) < 4.78 is 0. The van der Waals surface area contributed by atoms with E-state index in [2.05, 4.69) is 9.88 Å². The minimum absolute atomic E-state index is 0.353. The monoisotopic (exact) mass is 260 g/mol. The van der Waals surface area contributed by atoms with Crippen LogP contribution in [0.25, 0.3) is 0 Å². The second kappa shape index (κ2) is 4.81. The molecular formula is C14H20N4O. The van der Waals surface area contributed by atoms with Gasteiger partial charge in [-0.05, 0) is 43.2 Å². The first-order chi connectivity index (χ1) is 9.13. The smallest absolute Gasteiger partial charge is 0.248 e. The van der Waals surface area contributed by atoms with Gasteiger partial charge < -0.3 is 16.4 Å². The summed E-state index contributed by atoms with van der Waals surface area (Å²) in [6.07, 6.45) is 5.10. The van der Waals surface area contributed by atoms with Crippen LogP contribution in [0.1, 0.15) is 29.6 Å². The van der Waals surface area contributed by atoms with Crippen LogP contribution in [-0.4, -0.2) is 30.0 Å². The van der Waals surface area contributed by atoms with E-state index in [9.17, 15) is 4.79 Å². The number of primary amides is 1. The molecule has 0 aromatic carbocycles. The van der Waals surface area contributed by atoms with Crippen molar-refractivity contribution in [1.29, 1.82) is 0 Å². The van der Waals surface area contributed by atoms with Gasteiger partial charge in [-0.1, -0.05) is 0 Å². The zero-order chi connectivity index (χ0) is 13.4. The van der Waals surface area contributed by atoms with Crippen LogP contribution in [0.15, 0.2) is 18.3 Å². The fraction of sp³-hybridized carbons (Fsp3) is 0.571. The first kappa shape index (κ1) is 12.4. The fourth-order valence-electron chi connectivity index (χ4n) is 3.40. The van der Waals surface area contributed by atoms with Gasteiger partial charge in [0.25, 0.3) is 0 Å². The van der Waals surface area contributed by atoms with Gasteiger partial charge in [-0.15, -0.1) is 0 Å². The summed E-state index contributed by atoms with van der Waals surface area (Å²) in [5.74, 6) is 1.85. The van der Waals surface area contributed by atoms with Gasteiger partial charge in [-0.25, -0.2) is 4.98 Å². The summed E-state index contributed by atoms with van der Waals surface area (Å²) in [7, 11) is 0. The van der Waals surface area contributed by atoms with Crippen molar-refractivity contribution >= 4 is 11.7 Å². The summed E-state index contributed by atoms with van der Waals surface area (Å²) in [4.78, 5) is 17.9. The normalized spacial score (nSPS) is 30.2. The van der Waals surface area contributed by atoms with Crippen molar-refractivity contribution < 1.29 is 4.79 Å². The topological polar surface area (TPSA) is 85.2 Å². The molecule has 1 aliphatic heterocycles. The molecule has 2 aliphatic rings. The number of pyridine rings is 1. The van der Waals surface area contributed by atoms with E-state index in [4.69, 9.17) is 11.5 Å². The lowest BCUT2D eigenvalue weighted by atomic mass is 9.79. The Morgan fingerprint density at radius 2 is 2.11 bits per heavy atom. The van der Waals surface area contributed by atoms with Crippen LogP contribution in [0.4, 0.5) is 5.82 Å². The molecule has 1 unspecified atom stereocenters. The average molecular weight is 260 g/mol. The number of nitrogens with zero attached hydrogens (tertiary/aromatic N) is 2. The zero-order valence-corrected chi connectivity index (χ0v) is 11.0. The molecule has 1 amide bonds. The number of aromatic nitrogens is 1. The van der Waals surface area contributed by atoms with Gasteiger partial charge in [0.2, 0.25) is 5.91 Å². The van der Waals surface area contributed by atoms with Crippen molar-refractivity contribution in [3.8, 4) is 0 Å². The molecule has 1 saturated heterocycles. The van der Waals surface area contributed by atoms with E-state index in [1.807, 2.05) is 0 Å². The molecule has 2 fully saturated rings. The van der Waals surface area contributed by atoms with Crippen LogP contribution >= 0.6 is 0 Å². The van der Waals surface area contributed by atoms with Crippen LogP contribution < -0.4 is 16.4 Å². The first-order valence-electron chi connectivity index (χ1n) is 6.90. The van der Waals surface area contributed by atoms with Crippen LogP contribution in [0.2, 0.25) is 0 Å². The SMILES string of the molecule is NC(=O)c1ccnc(N2C[C@H]3CCC(N)C[C@H]3C2)c1. The minimum atomic E-state index is -0.401. The standard InChI is InChI=1S/C14H20N4O/c15-12-2-1-10-7-18(8-11(10)5-12)13-6-9(14(16)19)3-4-17-13/h3-4,6,10-12H,1-2,5,7-8,15H2,(H2,16,19)/t10-,11+,12?/m1/s1. The third kappa shape index (κ3) is 2.42. The molecule has 3 rings (SSSR count). The van der Waals surface area contributed by atoms with Gasteiger partial charge in [-0.3, -0.25) is 4.79 Å². The number of hydrogen-bond acceptors (Lipinski definition) is 4. The number of fused-ring (bicyclic) bond motifs is 1. The Morgan fingerprint density at radius 1 is 1.32 bits per heavy atom. The number of hydrogen-bond donors (Lipinski definition) is 2. The lowest BCUT2D eigenvalue weighted by Crippen LogP contribution is -2.32. The highest BCUT2D eigenvalue weighted by Gasteiger charge is 2.37. The number of rotatable bonds is 2. The Bertz CT molecular complexity index is 490. The molecule has 0 radical (unpaired) electrons. The predicted molar refractivity (Wildman–Crippen MR) is 73.8 cm³/mol. The number of carbonyl (C=O) groups excluding carboxylic acids is 1. The molecule has 1 aromatic heterocycles. The molecule has 19 heavy (non-hydrogen) atoms. The molecule has 3 atom stereocenters. The molecular weight excluding hydrogens is 240 g/mol. The van der Waals surface area contributed by atoms with Crippen molar-refractivity contribution in [2.45, 2.75) is 25.3 Å². The van der Waals surface area contributed by atoms with E-state index in [1.165, 1.54) is 6.42 Å². The highest BCUT2D eigenvalue weighted by Crippen LogP contribution is 2.37. The van der Waals surface area contributed by atoms with E-state index in [1.54, 1.807) is 18.3 Å². The zero-order valence-electron chi connectivity index (χ0n) is 11.0. The highest BCUT2D eigenvalue weighted by molar-refractivity contribution is 5.93. The molecule has 102 valence electrons. The third-order valence-corrected chi connectivity index (χ3v) is 4.44. The van der Waals surface area contributed by atoms with Crippen LogP contribution in [0, 0.1) is 11.8 Å². The molecule has 4 N–H and O–H groups in total. The maximum Gasteiger partial charge on any atom is 0.248 e. The molecule has 0 spiro atoms. The second-order valence-electron chi connectivity index (χ2n) is 5.77. The van der Waals surface area contributed by atoms with Crippen molar-refractivity contribution in [3.63, 3.8) is 0 Å². The van der Waals surface area contributed by atoms with E-state index in [0.717, 1.165) is 37.7 Å². The summed E-state index contributed by atoms with van der Waals surface area (Å²) in [5.41, 5.74) is 11.9. The van der Waals surface area contributed by atoms with Crippen LogP contribution in [0.3, 0.4) is 0 Å². The molecule has 2 heterocycles. The highest BCUT2D eigenvalue weighted by atomic mass is 16.1. The van der Waals surface area contributed by atoms with E-state index in [0.29, 0.717) is 17.5 Å². The lowest BCUT2D eigenvalue weighted by molar-refractivity contribution is 0.1000. The Balaban J connectivity index is 1.77. The minimum Gasteiger partial charge on any atom is -0.366 e. The second-order valence-corrected chi connectivity index (χ2v) is 5.77. The van der Waals surface area contributed by atoms with E-state index >= 15 is 0 Å². The van der Waals surface area contributed by atoms with Crippen molar-refractivity contribution in [2.75, 3.05) is 18.0 Å². The van der Waals surface area contributed by atoms with Crippen LogP contribution in [0.5, 0.6) is 0 Å². The summed E-state index contributed by atoms with van der Waals surface area (Å²) in [6.45, 7) is 2.01. The summed E-state index contributed by atoms with van der Waals surface area (Å²) in [6, 6.07) is 3.80. The maximum absolute atomic E-state index is 11.2. The molecule has 1 saturated carbocycles. The Hall–Kier alpha value is -1.62. The average Bonchev–Trinajstić information content (AvgIpc) is 2.81. The maximum atomic E-state index is 11.2. The van der Waals surface area contributed by atoms with E-state index < -0.39 is 5.91 Å². The molecule has 1 aliphatic carbocycles. The fourth-order valence-corrected chi connectivity index (χ4v) is 3.40. The number of carbonyl (C=O) groups is 1. The Labute approximate surface area is 113 Å². The van der Waals surface area contributed by atoms with Gasteiger partial charge in [0.1, 0.15) is 5.82 Å². The van der Waals surface area contributed by atoms with Gasteiger partial charge in [0, 0.05) is 30.9 Å². The predicted octanol–water partition coefficient (Wildman–Crippen LogP) is 0.744. The number of nitrogens with two attached hydrogens (primary N) is 2. The molecule has 1 aromatic rings. The van der Waals surface area contributed by atoms with Gasteiger partial charge >= 0.3 is 0 Å². The quantitative estimate of drug-likeness (QED) is 0.821. The molecule has 0 bridgehead atoms. The van der Waals surface area contributed by atoms with Gasteiger partial charge in [0.15, 0.2) is 0 Å². The van der Waals surface area contributed by atoms with Crippen molar-refractivity contribution in [1.82, 2.24) is 4.98 Å². The Morgan fingerprint density at radius 3 is 2.89 bits per heavy atom. The Kier molecular flexibility index (Phi) is 3.14. The number of anilines is 1. The van der Waals surface area contributed by atoms with E-state index in [-0.39, 0.29) is 0 Å². The number of amides is 1. The van der Waals surface area contributed by atoms with Crippen molar-refractivity contribution in [2.24, 2.45) is 23.3 Å². The summed E-state index contributed by atoms with van der Waals surface area (Å²) in [5, 5.41) is 0. The first-order valence-corrected chi connectivity index (χ1v) is 6.90. The molecule has 5 nitrogen and oxygen atoms in total. The lowest BCUT2D eigenvalue weighted by Gasteiger charge is -2.27. The van der Waals surface area contributed by atoms with Crippen molar-refractivity contribution in [3.05, 3.63) is 23.9 Å². The molecule has 5 heteroatoms. The van der Waals surface area contributed by atoms with Gasteiger partial charge in [-0.2, -0.15) is 0 Å².